The van der Waals surface area contributed by atoms with Gasteiger partial charge in [0.25, 0.3) is 0 Å². The number of halogens is 4. The first-order valence-electron chi connectivity index (χ1n) is 6.09. The Kier molecular flexibility index (Phi) is 93.0. The van der Waals surface area contributed by atoms with E-state index in [0.717, 1.165) is 0 Å². The zero-order chi connectivity index (χ0) is 16.3. The third-order valence-electron chi connectivity index (χ3n) is 2.68. The number of nitriles is 2. The SMILES string of the molecule is CC#N.CC#N.CC[N+](CC)(CC)CC.Cl.Cl.Cl.Cl.[O]=[V](=[O])[O-]. The molecule has 0 aliphatic carbocycles. The number of quaternary nitrogens is 1. The van der Waals surface area contributed by atoms with Gasteiger partial charge in [-0.2, -0.15) is 10.5 Å². The van der Waals surface area contributed by atoms with Crippen LogP contribution in [0.1, 0.15) is 41.5 Å². The van der Waals surface area contributed by atoms with Crippen LogP contribution in [0.3, 0.4) is 0 Å². The number of hydrogen-bond donors (Lipinski definition) is 0. The van der Waals surface area contributed by atoms with E-state index in [2.05, 4.69) is 27.7 Å². The summed E-state index contributed by atoms with van der Waals surface area (Å²) in [6.07, 6.45) is 0. The Morgan fingerprint density at radius 3 is 0.870 bits per heavy atom. The molecule has 0 aromatic carbocycles. The van der Waals surface area contributed by atoms with Crippen molar-refractivity contribution in [1.82, 2.24) is 0 Å². The molecule has 0 heterocycles. The molecule has 0 unspecified atom stereocenters. The number of rotatable bonds is 4. The molecule has 11 heteroatoms. The van der Waals surface area contributed by atoms with Crippen LogP contribution in [0.15, 0.2) is 0 Å². The molecular formula is C12H30Cl4N3O3V. The minimum absolute atomic E-state index is 0. The van der Waals surface area contributed by atoms with Crippen molar-refractivity contribution in [2.45, 2.75) is 41.5 Å². The summed E-state index contributed by atoms with van der Waals surface area (Å²) in [5, 5.41) is 14.6. The van der Waals surface area contributed by atoms with Gasteiger partial charge in [-0.15, -0.1) is 49.6 Å². The maximum absolute atomic E-state index is 8.56. The van der Waals surface area contributed by atoms with Crippen LogP contribution in [0.25, 0.3) is 0 Å². The van der Waals surface area contributed by atoms with E-state index in [1.807, 2.05) is 0 Å². The molecule has 0 aliphatic heterocycles. The van der Waals surface area contributed by atoms with Crippen molar-refractivity contribution in [2.75, 3.05) is 26.2 Å². The first kappa shape index (κ1) is 49.5. The van der Waals surface area contributed by atoms with Crippen molar-refractivity contribution in [3.63, 3.8) is 0 Å². The van der Waals surface area contributed by atoms with Gasteiger partial charge in [-0.25, -0.2) is 0 Å². The van der Waals surface area contributed by atoms with E-state index >= 15 is 0 Å². The van der Waals surface area contributed by atoms with Crippen LogP contribution in [0.2, 0.25) is 0 Å². The molecule has 0 amide bonds. The Labute approximate surface area is 170 Å². The Hall–Kier alpha value is 0.244. The van der Waals surface area contributed by atoms with E-state index in [9.17, 15) is 0 Å². The number of hydrogen-bond acceptors (Lipinski definition) is 5. The molecule has 0 N–H and O–H groups in total. The van der Waals surface area contributed by atoms with E-state index in [1.165, 1.54) is 44.5 Å². The summed E-state index contributed by atoms with van der Waals surface area (Å²) in [4.78, 5) is 0. The van der Waals surface area contributed by atoms with Crippen LogP contribution < -0.4 is 4.03 Å². The third kappa shape index (κ3) is 60.8. The van der Waals surface area contributed by atoms with Gasteiger partial charge >= 0.3 is 26.8 Å². The predicted octanol–water partition coefficient (Wildman–Crippen LogP) is 3.20. The Balaban J connectivity index is -0.0000000232. The second-order valence-corrected chi connectivity index (χ2v) is 3.98. The molecule has 0 bridgehead atoms. The van der Waals surface area contributed by atoms with Crippen molar-refractivity contribution in [3.05, 3.63) is 0 Å². The molecule has 0 saturated heterocycles. The maximum atomic E-state index is 8.56. The quantitative estimate of drug-likeness (QED) is 0.604. The van der Waals surface area contributed by atoms with Gasteiger partial charge in [0.05, 0.1) is 38.3 Å². The monoisotopic (exact) mass is 455 g/mol. The molecule has 0 saturated carbocycles. The molecule has 0 fully saturated rings. The van der Waals surface area contributed by atoms with Gasteiger partial charge in [0, 0.05) is 13.8 Å². The molecule has 0 atom stereocenters. The molecule has 6 nitrogen and oxygen atoms in total. The molecule has 144 valence electrons. The molecule has 23 heavy (non-hydrogen) atoms. The molecular weight excluding hydrogens is 427 g/mol. The van der Waals surface area contributed by atoms with E-state index in [4.69, 9.17) is 21.9 Å². The fourth-order valence-corrected chi connectivity index (χ4v) is 1.34. The first-order valence-corrected chi connectivity index (χ1v) is 7.80. The van der Waals surface area contributed by atoms with Gasteiger partial charge in [0.2, 0.25) is 0 Å². The Morgan fingerprint density at radius 2 is 0.870 bits per heavy atom. The second-order valence-electron chi connectivity index (χ2n) is 3.28. The average Bonchev–Trinajstić information content (AvgIpc) is 2.34. The summed E-state index contributed by atoms with van der Waals surface area (Å²) >= 11 is -3.94. The summed E-state index contributed by atoms with van der Waals surface area (Å²) in [5.41, 5.74) is 0. The summed E-state index contributed by atoms with van der Waals surface area (Å²) in [5.74, 6) is 0. The van der Waals surface area contributed by atoms with Gasteiger partial charge < -0.3 is 4.48 Å². The Morgan fingerprint density at radius 1 is 0.783 bits per heavy atom. The summed E-state index contributed by atoms with van der Waals surface area (Å²) in [6, 6.07) is 3.50. The summed E-state index contributed by atoms with van der Waals surface area (Å²) in [7, 11) is 0. The van der Waals surface area contributed by atoms with Crippen LogP contribution in [-0.2, 0) is 22.7 Å². The molecule has 0 aliphatic rings. The molecule has 0 radical (unpaired) electrons. The third-order valence-corrected chi connectivity index (χ3v) is 2.68. The van der Waals surface area contributed by atoms with Crippen LogP contribution in [0.5, 0.6) is 0 Å². The van der Waals surface area contributed by atoms with Gasteiger partial charge in [-0.1, -0.05) is 0 Å². The van der Waals surface area contributed by atoms with Gasteiger partial charge in [0.1, 0.15) is 0 Å². The first-order chi connectivity index (χ1) is 8.80. The van der Waals surface area contributed by atoms with Crippen LogP contribution >= 0.6 is 49.6 Å². The van der Waals surface area contributed by atoms with Crippen molar-refractivity contribution < 1.29 is 31.3 Å². The van der Waals surface area contributed by atoms with Crippen molar-refractivity contribution >= 4 is 49.6 Å². The second kappa shape index (κ2) is 43.2. The normalized spacial score (nSPS) is 6.48. The van der Waals surface area contributed by atoms with Crippen molar-refractivity contribution in [3.8, 4) is 12.1 Å². The van der Waals surface area contributed by atoms with E-state index < -0.39 is 15.4 Å². The molecule has 0 aromatic heterocycles. The van der Waals surface area contributed by atoms with Crippen LogP contribution in [0, 0.1) is 22.7 Å². The predicted molar refractivity (Wildman–Crippen MR) is 95.4 cm³/mol. The topological polar surface area (TPSA) is 105 Å². The van der Waals surface area contributed by atoms with Crippen molar-refractivity contribution in [1.29, 1.82) is 10.5 Å². The minimum atomic E-state index is -3.94. The van der Waals surface area contributed by atoms with Gasteiger partial charge in [0.15, 0.2) is 0 Å². The van der Waals surface area contributed by atoms with Crippen LogP contribution in [-0.4, -0.2) is 30.7 Å². The molecule has 0 spiro atoms. The van der Waals surface area contributed by atoms with Crippen molar-refractivity contribution in [2.24, 2.45) is 0 Å². The Bertz CT molecular complexity index is 291. The van der Waals surface area contributed by atoms with Crippen LogP contribution in [0.4, 0.5) is 0 Å². The standard InChI is InChI=1S/C8H20N.2C2H3N.4ClH.3O.V/c1-5-9(6-2,7-3)8-4;2*1-2-3;;;;;;;;/h5-8H2,1-4H3;2*1H3;4*1H;;;;/q+1;;;;;;;;;-1;. The summed E-state index contributed by atoms with van der Waals surface area (Å²) in [6.45, 7) is 17.1. The molecule has 0 aromatic rings. The fourth-order valence-electron chi connectivity index (χ4n) is 1.34. The van der Waals surface area contributed by atoms with E-state index in [1.54, 1.807) is 12.1 Å². The fraction of sp³-hybridized carbons (Fsp3) is 0.833. The average molecular weight is 457 g/mol. The van der Waals surface area contributed by atoms with Gasteiger partial charge in [-0.05, 0) is 27.7 Å². The number of nitrogens with zero attached hydrogens (tertiary/aromatic N) is 3. The zero-order valence-electron chi connectivity index (χ0n) is 14.5. The van der Waals surface area contributed by atoms with E-state index in [0.29, 0.717) is 0 Å². The van der Waals surface area contributed by atoms with E-state index in [-0.39, 0.29) is 49.6 Å². The van der Waals surface area contributed by atoms with Gasteiger partial charge in [-0.3, -0.25) is 0 Å². The zero-order valence-corrected chi connectivity index (χ0v) is 19.1. The molecule has 0 rings (SSSR count). The summed E-state index contributed by atoms with van der Waals surface area (Å²) < 4.78 is 27.0.